The Balaban J connectivity index is 1.36. The number of hydrogen-bond acceptors (Lipinski definition) is 5. The van der Waals surface area contributed by atoms with E-state index in [1.165, 1.54) is 0 Å². The van der Waals surface area contributed by atoms with Gasteiger partial charge in [-0.3, -0.25) is 13.9 Å². The van der Waals surface area contributed by atoms with Crippen LogP contribution in [-0.4, -0.2) is 37.6 Å². The first-order chi connectivity index (χ1) is 15.2. The number of aromatic amines is 1. The first kappa shape index (κ1) is 20.1. The van der Waals surface area contributed by atoms with E-state index in [9.17, 15) is 9.59 Å². The Bertz CT molecular complexity index is 1330. The Labute approximate surface area is 183 Å². The van der Waals surface area contributed by atoms with E-state index in [2.05, 4.69) is 4.98 Å². The van der Waals surface area contributed by atoms with E-state index in [-0.39, 0.29) is 17.4 Å². The molecule has 1 saturated heterocycles. The third-order valence-electron chi connectivity index (χ3n) is 5.68. The third-order valence-corrected chi connectivity index (χ3v) is 6.74. The zero-order valence-electron chi connectivity index (χ0n) is 17.1. The number of nitrogens with one attached hydrogen (secondary N) is 1. The third kappa shape index (κ3) is 4.05. The van der Waals surface area contributed by atoms with Gasteiger partial charge in [-0.2, -0.15) is 0 Å². The molecule has 1 aliphatic rings. The quantitative estimate of drug-likeness (QED) is 0.273. The minimum absolute atomic E-state index is 0.0172. The van der Waals surface area contributed by atoms with Crippen LogP contribution in [0.25, 0.3) is 21.9 Å². The minimum Gasteiger partial charge on any atom is -0.376 e. The molecule has 160 valence electrons. The average molecular weight is 437 g/mol. The summed E-state index contributed by atoms with van der Waals surface area (Å²) in [5, 5.41) is 1.35. The van der Waals surface area contributed by atoms with Gasteiger partial charge in [0.2, 0.25) is 0 Å². The molecule has 1 fully saturated rings. The molecule has 4 aromatic rings. The number of aryl methyl sites for hydroxylation is 1. The smallest absolute Gasteiger partial charge is 0.326 e. The number of benzene rings is 2. The molecule has 31 heavy (non-hydrogen) atoms. The topological polar surface area (TPSA) is 81.9 Å². The van der Waals surface area contributed by atoms with E-state index in [0.717, 1.165) is 42.7 Å². The first-order valence-electron chi connectivity index (χ1n) is 10.6. The second kappa shape index (κ2) is 8.72. The zero-order valence-corrected chi connectivity index (χ0v) is 17.9. The van der Waals surface area contributed by atoms with Crippen molar-refractivity contribution < 1.29 is 4.74 Å². The Morgan fingerprint density at radius 1 is 1.10 bits per heavy atom. The minimum atomic E-state index is -0.0923. The van der Waals surface area contributed by atoms with Gasteiger partial charge in [-0.1, -0.05) is 36.0 Å². The Kier molecular flexibility index (Phi) is 5.65. The number of aromatic nitrogens is 4. The lowest BCUT2D eigenvalue weighted by atomic mass is 10.2. The highest BCUT2D eigenvalue weighted by Gasteiger charge is 2.20. The molecule has 3 heterocycles. The van der Waals surface area contributed by atoms with Crippen LogP contribution in [0, 0.1) is 0 Å². The summed E-state index contributed by atoms with van der Waals surface area (Å²) in [6.45, 7) is 1.89. The summed E-state index contributed by atoms with van der Waals surface area (Å²) in [5.74, 6) is 0.752. The molecule has 5 rings (SSSR count). The fourth-order valence-corrected chi connectivity index (χ4v) is 5.06. The number of imidazole rings is 1. The molecular weight excluding hydrogens is 412 g/mol. The number of ether oxygens (including phenoxy) is 1. The summed E-state index contributed by atoms with van der Waals surface area (Å²) in [6, 6.07) is 15.2. The summed E-state index contributed by atoms with van der Waals surface area (Å²) in [5.41, 5.74) is 2.37. The van der Waals surface area contributed by atoms with Gasteiger partial charge >= 0.3 is 5.69 Å². The molecule has 0 aliphatic carbocycles. The number of hydrogen-bond donors (Lipinski definition) is 1. The van der Waals surface area contributed by atoms with Gasteiger partial charge in [-0.15, -0.1) is 0 Å². The fraction of sp³-hybridized carbons (Fsp3) is 0.348. The zero-order chi connectivity index (χ0) is 21.2. The molecule has 0 spiro atoms. The molecule has 7 nitrogen and oxygen atoms in total. The van der Waals surface area contributed by atoms with Crippen LogP contribution < -0.4 is 11.2 Å². The molecule has 0 bridgehead atoms. The number of rotatable bonds is 7. The van der Waals surface area contributed by atoms with Crippen LogP contribution in [0.4, 0.5) is 0 Å². The van der Waals surface area contributed by atoms with E-state index in [4.69, 9.17) is 9.72 Å². The molecule has 0 amide bonds. The summed E-state index contributed by atoms with van der Waals surface area (Å²) in [4.78, 5) is 33.1. The Morgan fingerprint density at radius 3 is 2.81 bits per heavy atom. The molecule has 0 radical (unpaired) electrons. The van der Waals surface area contributed by atoms with Crippen LogP contribution in [0.15, 0.2) is 63.3 Å². The van der Waals surface area contributed by atoms with Gasteiger partial charge in [-0.05, 0) is 43.5 Å². The normalized spacial score (nSPS) is 16.5. The highest BCUT2D eigenvalue weighted by molar-refractivity contribution is 7.99. The van der Waals surface area contributed by atoms with Crippen molar-refractivity contribution >= 4 is 33.7 Å². The van der Waals surface area contributed by atoms with Crippen LogP contribution in [0.2, 0.25) is 0 Å². The maximum absolute atomic E-state index is 13.2. The number of H-pyrrole nitrogens is 1. The average Bonchev–Trinajstić information content (AvgIpc) is 3.41. The highest BCUT2D eigenvalue weighted by atomic mass is 32.2. The van der Waals surface area contributed by atoms with Crippen LogP contribution in [0.1, 0.15) is 19.3 Å². The molecule has 1 aliphatic heterocycles. The van der Waals surface area contributed by atoms with E-state index in [1.54, 1.807) is 20.9 Å². The molecule has 1 atom stereocenters. The lowest BCUT2D eigenvalue weighted by Crippen LogP contribution is -2.28. The van der Waals surface area contributed by atoms with Gasteiger partial charge in [0, 0.05) is 18.9 Å². The summed E-state index contributed by atoms with van der Waals surface area (Å²) in [7, 11) is 0. The fourth-order valence-electron chi connectivity index (χ4n) is 4.13. The molecular formula is C23H24N4O3S. The van der Waals surface area contributed by atoms with Gasteiger partial charge in [-0.25, -0.2) is 9.78 Å². The SMILES string of the molecule is O=c1c2ccccc2nc(SCCCn2c(=O)[nH]c3ccccc32)n1C[C@H]1CCCO1. The van der Waals surface area contributed by atoms with E-state index < -0.39 is 0 Å². The molecule has 8 heteroatoms. The predicted octanol–water partition coefficient (Wildman–Crippen LogP) is 3.40. The number of nitrogens with zero attached hydrogens (tertiary/aromatic N) is 3. The van der Waals surface area contributed by atoms with Crippen molar-refractivity contribution in [3.8, 4) is 0 Å². The van der Waals surface area contributed by atoms with Crippen LogP contribution in [0.3, 0.4) is 0 Å². The highest BCUT2D eigenvalue weighted by Crippen LogP contribution is 2.22. The van der Waals surface area contributed by atoms with E-state index in [1.807, 2.05) is 48.5 Å². The molecule has 2 aromatic heterocycles. The lowest BCUT2D eigenvalue weighted by molar-refractivity contribution is 0.0937. The second-order valence-corrected chi connectivity index (χ2v) is 8.83. The van der Waals surface area contributed by atoms with Crippen molar-refractivity contribution in [3.05, 3.63) is 69.4 Å². The van der Waals surface area contributed by atoms with Crippen molar-refractivity contribution in [3.63, 3.8) is 0 Å². The largest absolute Gasteiger partial charge is 0.376 e. The molecule has 0 unspecified atom stereocenters. The Morgan fingerprint density at radius 2 is 1.94 bits per heavy atom. The second-order valence-electron chi connectivity index (χ2n) is 7.76. The van der Waals surface area contributed by atoms with E-state index >= 15 is 0 Å². The van der Waals surface area contributed by atoms with Gasteiger partial charge in [0.05, 0.1) is 34.6 Å². The number of fused-ring (bicyclic) bond motifs is 2. The molecule has 2 aromatic carbocycles. The predicted molar refractivity (Wildman–Crippen MR) is 123 cm³/mol. The Hall–Kier alpha value is -2.84. The maximum Gasteiger partial charge on any atom is 0.326 e. The summed E-state index contributed by atoms with van der Waals surface area (Å²) >= 11 is 1.56. The first-order valence-corrected chi connectivity index (χ1v) is 11.6. The van der Waals surface area contributed by atoms with Crippen molar-refractivity contribution in [2.75, 3.05) is 12.4 Å². The van der Waals surface area contributed by atoms with Gasteiger partial charge in [0.1, 0.15) is 0 Å². The van der Waals surface area contributed by atoms with Crippen molar-refractivity contribution in [1.82, 2.24) is 19.1 Å². The van der Waals surface area contributed by atoms with Crippen molar-refractivity contribution in [1.29, 1.82) is 0 Å². The monoisotopic (exact) mass is 436 g/mol. The lowest BCUT2D eigenvalue weighted by Gasteiger charge is -2.16. The van der Waals surface area contributed by atoms with Gasteiger partial charge in [0.15, 0.2) is 5.16 Å². The summed E-state index contributed by atoms with van der Waals surface area (Å²) < 4.78 is 9.30. The van der Waals surface area contributed by atoms with Crippen LogP contribution in [0.5, 0.6) is 0 Å². The molecule has 1 N–H and O–H groups in total. The maximum atomic E-state index is 13.2. The standard InChI is InChI=1S/C23H24N4O3S/c28-21-17-8-1-2-9-18(17)25-23(27(21)15-16-7-5-13-30-16)31-14-6-12-26-20-11-4-3-10-19(20)24-22(26)29/h1-4,8-11,16H,5-7,12-15H2,(H,24,29)/t16-/m1/s1. The summed E-state index contributed by atoms with van der Waals surface area (Å²) in [6.07, 6.45) is 2.84. The number of thioether (sulfide) groups is 1. The van der Waals surface area contributed by atoms with E-state index in [0.29, 0.717) is 29.1 Å². The van der Waals surface area contributed by atoms with Gasteiger partial charge < -0.3 is 9.72 Å². The molecule has 0 saturated carbocycles. The van der Waals surface area contributed by atoms with Crippen LogP contribution in [-0.2, 0) is 17.8 Å². The van der Waals surface area contributed by atoms with Crippen LogP contribution >= 0.6 is 11.8 Å². The van der Waals surface area contributed by atoms with Gasteiger partial charge in [0.25, 0.3) is 5.56 Å². The van der Waals surface area contributed by atoms with Crippen molar-refractivity contribution in [2.24, 2.45) is 0 Å². The van der Waals surface area contributed by atoms with Crippen molar-refractivity contribution in [2.45, 2.75) is 43.6 Å². The number of para-hydroxylation sites is 3.